The van der Waals surface area contributed by atoms with Crippen molar-refractivity contribution >= 4 is 17.5 Å². The van der Waals surface area contributed by atoms with Crippen molar-refractivity contribution in [2.75, 3.05) is 5.01 Å². The quantitative estimate of drug-likeness (QED) is 0.889. The molecule has 2 amide bonds. The lowest BCUT2D eigenvalue weighted by Crippen LogP contribution is -2.52. The highest BCUT2D eigenvalue weighted by atomic mass is 19.1. The number of hydrogen-bond acceptors (Lipinski definition) is 3. The third-order valence-corrected chi connectivity index (χ3v) is 4.14. The van der Waals surface area contributed by atoms with Gasteiger partial charge in [-0.05, 0) is 43.2 Å². The highest BCUT2D eigenvalue weighted by Crippen LogP contribution is 2.40. The Morgan fingerprint density at radius 2 is 1.96 bits per heavy atom. The van der Waals surface area contributed by atoms with Gasteiger partial charge >= 0.3 is 0 Å². The van der Waals surface area contributed by atoms with Crippen LogP contribution in [-0.4, -0.2) is 17.9 Å². The minimum Gasteiger partial charge on any atom is -0.320 e. The van der Waals surface area contributed by atoms with Crippen molar-refractivity contribution in [1.82, 2.24) is 5.43 Å². The van der Waals surface area contributed by atoms with Gasteiger partial charge in [0.25, 0.3) is 11.8 Å². The number of para-hydroxylation sites is 1. The summed E-state index contributed by atoms with van der Waals surface area (Å²) in [6.07, 6.45) is 0. The molecule has 5 nitrogen and oxygen atoms in total. The summed E-state index contributed by atoms with van der Waals surface area (Å²) >= 11 is 0. The first kappa shape index (κ1) is 16.1. The summed E-state index contributed by atoms with van der Waals surface area (Å²) in [5, 5.41) is 1.21. The molecule has 1 aliphatic heterocycles. The van der Waals surface area contributed by atoms with Crippen LogP contribution in [0.4, 0.5) is 10.1 Å². The van der Waals surface area contributed by atoms with E-state index in [1.54, 1.807) is 25.1 Å². The van der Waals surface area contributed by atoms with Gasteiger partial charge in [-0.3, -0.25) is 15.0 Å². The highest BCUT2D eigenvalue weighted by Gasteiger charge is 2.33. The van der Waals surface area contributed by atoms with E-state index in [1.165, 1.54) is 24.1 Å². The number of anilines is 1. The summed E-state index contributed by atoms with van der Waals surface area (Å²) in [4.78, 5) is 24.9. The number of hydrazine groups is 1. The van der Waals surface area contributed by atoms with Crippen LogP contribution in [0.2, 0.25) is 0 Å². The molecule has 0 saturated carbocycles. The molecular weight excluding hydrogens is 309 g/mol. The Bertz CT molecular complexity index is 820. The maximum atomic E-state index is 13.7. The molecule has 6 heteroatoms. The summed E-state index contributed by atoms with van der Waals surface area (Å²) in [5.74, 6) is -1.83. The maximum absolute atomic E-state index is 13.7. The van der Waals surface area contributed by atoms with Gasteiger partial charge in [-0.2, -0.15) is 0 Å². The van der Waals surface area contributed by atoms with Gasteiger partial charge in [-0.25, -0.2) is 9.40 Å². The molecule has 2 atom stereocenters. The van der Waals surface area contributed by atoms with Gasteiger partial charge in [-0.15, -0.1) is 0 Å². The number of nitrogens with zero attached hydrogens (tertiary/aromatic N) is 1. The zero-order chi connectivity index (χ0) is 17.4. The van der Waals surface area contributed by atoms with Crippen LogP contribution >= 0.6 is 0 Å². The number of carbonyl (C=O) groups is 2. The van der Waals surface area contributed by atoms with Crippen LogP contribution in [0.25, 0.3) is 11.1 Å². The molecule has 1 heterocycles. The predicted molar refractivity (Wildman–Crippen MR) is 89.5 cm³/mol. The summed E-state index contributed by atoms with van der Waals surface area (Å²) in [6, 6.07) is 10.8. The van der Waals surface area contributed by atoms with Crippen molar-refractivity contribution < 1.29 is 14.0 Å². The summed E-state index contributed by atoms with van der Waals surface area (Å²) in [5.41, 5.74) is 10.8. The second-order valence-electron chi connectivity index (χ2n) is 5.91. The molecule has 1 unspecified atom stereocenters. The van der Waals surface area contributed by atoms with Gasteiger partial charge in [0.1, 0.15) is 5.82 Å². The summed E-state index contributed by atoms with van der Waals surface area (Å²) in [7, 11) is 0. The van der Waals surface area contributed by atoms with E-state index in [1.807, 2.05) is 12.1 Å². The van der Waals surface area contributed by atoms with Crippen molar-refractivity contribution in [1.29, 1.82) is 0 Å². The normalized spacial score (nSPS) is 17.6. The molecule has 0 radical (unpaired) electrons. The third-order valence-electron chi connectivity index (χ3n) is 4.14. The molecule has 2 aromatic carbocycles. The maximum Gasteiger partial charge on any atom is 0.255 e. The Hall–Kier alpha value is -2.73. The Balaban J connectivity index is 2.19. The molecule has 0 saturated heterocycles. The zero-order valence-electron chi connectivity index (χ0n) is 13.4. The predicted octanol–water partition coefficient (Wildman–Crippen LogP) is 2.32. The highest BCUT2D eigenvalue weighted by molar-refractivity contribution is 6.06. The van der Waals surface area contributed by atoms with Crippen LogP contribution in [0.15, 0.2) is 42.5 Å². The lowest BCUT2D eigenvalue weighted by molar-refractivity contribution is -0.127. The molecule has 3 rings (SSSR count). The SMILES string of the molecule is CC1C(=O)N(NC(=O)[C@H](C)N)c2ccccc2-c2ccc(F)cc21. The molecule has 124 valence electrons. The Kier molecular flexibility index (Phi) is 4.07. The van der Waals surface area contributed by atoms with Crippen molar-refractivity contribution in [2.45, 2.75) is 25.8 Å². The number of nitrogens with two attached hydrogens (primary N) is 1. The van der Waals surface area contributed by atoms with E-state index in [2.05, 4.69) is 5.43 Å². The summed E-state index contributed by atoms with van der Waals surface area (Å²) < 4.78 is 13.7. The second-order valence-corrected chi connectivity index (χ2v) is 5.91. The topological polar surface area (TPSA) is 75.4 Å². The molecule has 2 aromatic rings. The molecule has 24 heavy (non-hydrogen) atoms. The van der Waals surface area contributed by atoms with Crippen molar-refractivity contribution in [2.24, 2.45) is 5.73 Å². The number of amides is 2. The number of carbonyl (C=O) groups excluding carboxylic acids is 2. The molecule has 0 fully saturated rings. The van der Waals surface area contributed by atoms with E-state index in [0.717, 1.165) is 11.1 Å². The molecule has 1 aliphatic rings. The van der Waals surface area contributed by atoms with E-state index in [4.69, 9.17) is 5.73 Å². The van der Waals surface area contributed by atoms with Gasteiger partial charge < -0.3 is 5.73 Å². The first-order valence-electron chi connectivity index (χ1n) is 7.69. The van der Waals surface area contributed by atoms with Crippen LogP contribution < -0.4 is 16.2 Å². The molecule has 0 spiro atoms. The fraction of sp³-hybridized carbons (Fsp3) is 0.222. The van der Waals surface area contributed by atoms with E-state index in [-0.39, 0.29) is 5.91 Å². The van der Waals surface area contributed by atoms with Crippen LogP contribution in [-0.2, 0) is 9.59 Å². The molecule has 0 bridgehead atoms. The Morgan fingerprint density at radius 3 is 2.67 bits per heavy atom. The Labute approximate surface area is 139 Å². The molecular formula is C18H18FN3O2. The number of fused-ring (bicyclic) bond motifs is 3. The van der Waals surface area contributed by atoms with Crippen LogP contribution in [0.3, 0.4) is 0 Å². The summed E-state index contributed by atoms with van der Waals surface area (Å²) in [6.45, 7) is 3.23. The minimum absolute atomic E-state index is 0.346. The second kappa shape index (κ2) is 6.05. The lowest BCUT2D eigenvalue weighted by Gasteiger charge is -2.26. The van der Waals surface area contributed by atoms with E-state index in [0.29, 0.717) is 11.3 Å². The van der Waals surface area contributed by atoms with Crippen molar-refractivity contribution in [3.05, 3.63) is 53.8 Å². The number of nitrogens with one attached hydrogen (secondary N) is 1. The van der Waals surface area contributed by atoms with E-state index in [9.17, 15) is 14.0 Å². The van der Waals surface area contributed by atoms with Crippen LogP contribution in [0, 0.1) is 5.82 Å². The zero-order valence-corrected chi connectivity index (χ0v) is 13.4. The van der Waals surface area contributed by atoms with Crippen LogP contribution in [0.5, 0.6) is 0 Å². The fourth-order valence-corrected chi connectivity index (χ4v) is 2.81. The minimum atomic E-state index is -0.761. The fourth-order valence-electron chi connectivity index (χ4n) is 2.81. The van der Waals surface area contributed by atoms with Crippen molar-refractivity contribution in [3.63, 3.8) is 0 Å². The third kappa shape index (κ3) is 2.65. The van der Waals surface area contributed by atoms with Crippen LogP contribution in [0.1, 0.15) is 25.3 Å². The van der Waals surface area contributed by atoms with Gasteiger partial charge in [0.05, 0.1) is 17.6 Å². The smallest absolute Gasteiger partial charge is 0.255 e. The number of rotatable bonds is 2. The molecule has 0 aliphatic carbocycles. The van der Waals surface area contributed by atoms with E-state index < -0.39 is 23.7 Å². The van der Waals surface area contributed by atoms with Gasteiger partial charge in [0.2, 0.25) is 0 Å². The number of halogens is 1. The van der Waals surface area contributed by atoms with E-state index >= 15 is 0 Å². The van der Waals surface area contributed by atoms with Gasteiger partial charge in [0.15, 0.2) is 0 Å². The average molecular weight is 327 g/mol. The first-order chi connectivity index (χ1) is 11.4. The first-order valence-corrected chi connectivity index (χ1v) is 7.69. The van der Waals surface area contributed by atoms with Gasteiger partial charge in [0, 0.05) is 5.56 Å². The van der Waals surface area contributed by atoms with Crippen molar-refractivity contribution in [3.8, 4) is 11.1 Å². The standard InChI is InChI=1S/C18H18FN3O2/c1-10-15-9-12(19)7-8-13(15)14-5-3-4-6-16(14)22(18(10)24)21-17(23)11(2)20/h3-11H,20H2,1-2H3,(H,21,23)/t10?,11-/m0/s1. The number of hydrogen-bond donors (Lipinski definition) is 2. The monoisotopic (exact) mass is 327 g/mol. The largest absolute Gasteiger partial charge is 0.320 e. The molecule has 3 N–H and O–H groups in total. The van der Waals surface area contributed by atoms with Gasteiger partial charge in [-0.1, -0.05) is 24.3 Å². The Morgan fingerprint density at radius 1 is 1.25 bits per heavy atom. The molecule has 0 aromatic heterocycles. The number of benzene rings is 2. The average Bonchev–Trinajstić information content (AvgIpc) is 2.65. The lowest BCUT2D eigenvalue weighted by atomic mass is 9.92.